The van der Waals surface area contributed by atoms with Crippen LogP contribution in [-0.4, -0.2) is 34.9 Å². The minimum absolute atomic E-state index is 0.0698. The molecule has 2 atom stereocenters. The maximum absolute atomic E-state index is 12.7. The van der Waals surface area contributed by atoms with Crippen molar-refractivity contribution in [2.24, 2.45) is 0 Å². The zero-order chi connectivity index (χ0) is 20.1. The molecular weight excluding hydrogens is 360 g/mol. The number of rotatable bonds is 8. The highest BCUT2D eigenvalue weighted by Crippen LogP contribution is 2.22. The summed E-state index contributed by atoms with van der Waals surface area (Å²) in [5, 5.41) is 6.42. The van der Waals surface area contributed by atoms with Gasteiger partial charge >= 0.3 is 6.03 Å². The highest BCUT2D eigenvalue weighted by Gasteiger charge is 2.48. The normalized spacial score (nSPS) is 20.1. The number of nitrogens with zero attached hydrogens (tertiary/aromatic N) is 1. The van der Waals surface area contributed by atoms with Crippen LogP contribution < -0.4 is 16.1 Å². The Balaban J connectivity index is 1.53. The Morgan fingerprint density at radius 3 is 2.64 bits per heavy atom. The predicted molar refractivity (Wildman–Crippen MR) is 102 cm³/mol. The van der Waals surface area contributed by atoms with Crippen LogP contribution in [0.1, 0.15) is 37.6 Å². The van der Waals surface area contributed by atoms with Gasteiger partial charge in [-0.1, -0.05) is 30.3 Å². The molecule has 0 saturated carbocycles. The third kappa shape index (κ3) is 4.40. The molecule has 8 nitrogen and oxygen atoms in total. The molecule has 3 rings (SSSR count). The van der Waals surface area contributed by atoms with Crippen LogP contribution in [0.25, 0.3) is 0 Å². The third-order valence-corrected chi connectivity index (χ3v) is 4.79. The lowest BCUT2D eigenvalue weighted by Crippen LogP contribution is -2.51. The number of aryl methyl sites for hydroxylation is 1. The number of hydrogen-bond acceptors (Lipinski definition) is 5. The molecular formula is C20H24N4O4. The van der Waals surface area contributed by atoms with Crippen molar-refractivity contribution in [1.82, 2.24) is 21.1 Å². The minimum atomic E-state index is -1.06. The molecule has 0 unspecified atom stereocenters. The third-order valence-electron chi connectivity index (χ3n) is 4.79. The fraction of sp³-hybridized carbons (Fsp3) is 0.350. The van der Waals surface area contributed by atoms with Crippen molar-refractivity contribution in [1.29, 1.82) is 0 Å². The van der Waals surface area contributed by atoms with Gasteiger partial charge in [-0.3, -0.25) is 20.3 Å². The second-order valence-electron chi connectivity index (χ2n) is 7.04. The number of hydrazine groups is 1. The summed E-state index contributed by atoms with van der Waals surface area (Å²) in [4.78, 5) is 37.1. The molecule has 0 bridgehead atoms. The van der Waals surface area contributed by atoms with Crippen molar-refractivity contribution in [3.63, 3.8) is 0 Å². The van der Waals surface area contributed by atoms with Crippen molar-refractivity contribution in [3.05, 3.63) is 60.1 Å². The monoisotopic (exact) mass is 384 g/mol. The van der Waals surface area contributed by atoms with Crippen molar-refractivity contribution in [3.8, 4) is 0 Å². The Labute approximate surface area is 163 Å². The van der Waals surface area contributed by atoms with Gasteiger partial charge in [0.1, 0.15) is 11.3 Å². The maximum Gasteiger partial charge on any atom is 0.344 e. The lowest BCUT2D eigenvalue weighted by molar-refractivity contribution is -0.138. The van der Waals surface area contributed by atoms with E-state index in [1.165, 1.54) is 0 Å². The van der Waals surface area contributed by atoms with Gasteiger partial charge in [0.05, 0.1) is 18.8 Å². The molecule has 4 amide bonds. The summed E-state index contributed by atoms with van der Waals surface area (Å²) >= 11 is 0. The number of hydrogen-bond donors (Lipinski definition) is 3. The number of urea groups is 1. The number of nitrogens with one attached hydrogen (secondary N) is 3. The van der Waals surface area contributed by atoms with Crippen molar-refractivity contribution < 1.29 is 18.8 Å². The largest absolute Gasteiger partial charge is 0.468 e. The number of benzene rings is 1. The summed E-state index contributed by atoms with van der Waals surface area (Å²) in [7, 11) is 0. The van der Waals surface area contributed by atoms with E-state index in [4.69, 9.17) is 4.42 Å². The molecule has 28 heavy (non-hydrogen) atoms. The van der Waals surface area contributed by atoms with Crippen molar-refractivity contribution in [2.45, 2.75) is 38.3 Å². The summed E-state index contributed by atoms with van der Waals surface area (Å²) in [6, 6.07) is 12.5. The molecule has 1 aliphatic rings. The summed E-state index contributed by atoms with van der Waals surface area (Å²) in [6.45, 7) is 3.44. The maximum atomic E-state index is 12.7. The fourth-order valence-electron chi connectivity index (χ4n) is 3.04. The molecule has 2 aromatic rings. The molecule has 1 aliphatic heterocycles. The first-order valence-electron chi connectivity index (χ1n) is 9.16. The van der Waals surface area contributed by atoms with Crippen molar-refractivity contribution >= 4 is 17.8 Å². The first-order chi connectivity index (χ1) is 13.4. The summed E-state index contributed by atoms with van der Waals surface area (Å²) in [5.41, 5.74) is 2.39. The van der Waals surface area contributed by atoms with Gasteiger partial charge in [0.2, 0.25) is 0 Å². The van der Waals surface area contributed by atoms with Gasteiger partial charge in [0.15, 0.2) is 0 Å². The number of imide groups is 1. The fourth-order valence-corrected chi connectivity index (χ4v) is 3.04. The molecule has 1 fully saturated rings. The molecule has 0 spiro atoms. The SMILES string of the molecule is C[C@@H](NCC(=O)NN1C(=O)N[C@](C)(CCc2ccccc2)C1=O)c1ccco1. The van der Waals surface area contributed by atoms with Crippen LogP contribution >= 0.6 is 0 Å². The van der Waals surface area contributed by atoms with Crippen LogP contribution in [0.5, 0.6) is 0 Å². The lowest BCUT2D eigenvalue weighted by atomic mass is 9.93. The Morgan fingerprint density at radius 1 is 1.21 bits per heavy atom. The van der Waals surface area contributed by atoms with E-state index in [-0.39, 0.29) is 12.6 Å². The Kier molecular flexibility index (Phi) is 5.79. The van der Waals surface area contributed by atoms with E-state index >= 15 is 0 Å². The molecule has 8 heteroatoms. The van der Waals surface area contributed by atoms with Crippen LogP contribution in [0.3, 0.4) is 0 Å². The average Bonchev–Trinajstić information content (AvgIpc) is 3.29. The number of carbonyl (C=O) groups excluding carboxylic acids is 3. The zero-order valence-electron chi connectivity index (χ0n) is 15.9. The summed E-state index contributed by atoms with van der Waals surface area (Å²) in [6.07, 6.45) is 2.62. The first-order valence-corrected chi connectivity index (χ1v) is 9.16. The van der Waals surface area contributed by atoms with Gasteiger partial charge in [-0.25, -0.2) is 4.79 Å². The molecule has 0 radical (unpaired) electrons. The summed E-state index contributed by atoms with van der Waals surface area (Å²) < 4.78 is 5.26. The highest BCUT2D eigenvalue weighted by atomic mass is 16.3. The number of amides is 4. The minimum Gasteiger partial charge on any atom is -0.468 e. The number of furan rings is 1. The average molecular weight is 384 g/mol. The molecule has 148 valence electrons. The Bertz CT molecular complexity index is 837. The van der Waals surface area contributed by atoms with Gasteiger partial charge in [-0.15, -0.1) is 0 Å². The molecule has 1 aromatic carbocycles. The molecule has 2 heterocycles. The Morgan fingerprint density at radius 2 is 1.96 bits per heavy atom. The second kappa shape index (κ2) is 8.26. The van der Waals surface area contributed by atoms with E-state index in [1.54, 1.807) is 25.3 Å². The summed E-state index contributed by atoms with van der Waals surface area (Å²) in [5.74, 6) is -0.272. The molecule has 3 N–H and O–H groups in total. The van der Waals surface area contributed by atoms with E-state index in [0.717, 1.165) is 10.6 Å². The zero-order valence-corrected chi connectivity index (χ0v) is 15.9. The van der Waals surface area contributed by atoms with Gasteiger partial charge in [-0.2, -0.15) is 5.01 Å². The van der Waals surface area contributed by atoms with Crippen LogP contribution in [0.2, 0.25) is 0 Å². The van der Waals surface area contributed by atoms with E-state index in [0.29, 0.717) is 18.6 Å². The highest BCUT2D eigenvalue weighted by molar-refractivity contribution is 6.07. The lowest BCUT2D eigenvalue weighted by Gasteiger charge is -2.21. The molecule has 0 aliphatic carbocycles. The molecule has 1 aromatic heterocycles. The standard InChI is InChI=1S/C20H24N4O4/c1-14(16-9-6-12-28-16)21-13-17(25)23-24-18(26)20(2,22-19(24)27)11-10-15-7-4-3-5-8-15/h3-9,12,14,21H,10-11,13H2,1-2H3,(H,22,27)(H,23,25)/t14-,20-/m1/s1. The van der Waals surface area contributed by atoms with Gasteiger partial charge in [0, 0.05) is 0 Å². The van der Waals surface area contributed by atoms with E-state index in [1.807, 2.05) is 37.3 Å². The topological polar surface area (TPSA) is 104 Å². The van der Waals surface area contributed by atoms with Gasteiger partial charge < -0.3 is 9.73 Å². The van der Waals surface area contributed by atoms with Gasteiger partial charge in [-0.05, 0) is 44.4 Å². The quantitative estimate of drug-likeness (QED) is 0.603. The van der Waals surface area contributed by atoms with E-state index in [9.17, 15) is 14.4 Å². The van der Waals surface area contributed by atoms with Gasteiger partial charge in [0.25, 0.3) is 11.8 Å². The van der Waals surface area contributed by atoms with Crippen LogP contribution in [0.15, 0.2) is 53.1 Å². The predicted octanol–water partition coefficient (Wildman–Crippen LogP) is 1.90. The van der Waals surface area contributed by atoms with E-state index < -0.39 is 23.4 Å². The Hall–Kier alpha value is -3.13. The van der Waals surface area contributed by atoms with E-state index in [2.05, 4.69) is 16.1 Å². The smallest absolute Gasteiger partial charge is 0.344 e. The molecule has 1 saturated heterocycles. The number of carbonyl (C=O) groups is 3. The van der Waals surface area contributed by atoms with Crippen LogP contribution in [0, 0.1) is 0 Å². The second-order valence-corrected chi connectivity index (χ2v) is 7.04. The van der Waals surface area contributed by atoms with Crippen LogP contribution in [0.4, 0.5) is 4.79 Å². The van der Waals surface area contributed by atoms with Crippen LogP contribution in [-0.2, 0) is 16.0 Å². The van der Waals surface area contributed by atoms with Crippen molar-refractivity contribution in [2.75, 3.05) is 6.54 Å². The first kappa shape index (κ1) is 19.6.